The summed E-state index contributed by atoms with van der Waals surface area (Å²) in [5.74, 6) is 0.0435. The predicted octanol–water partition coefficient (Wildman–Crippen LogP) is 3.34. The molecule has 1 aromatic heterocycles. The van der Waals surface area contributed by atoms with E-state index < -0.39 is 7.12 Å². The number of halogens is 1. The molecule has 0 spiro atoms. The van der Waals surface area contributed by atoms with Gasteiger partial charge < -0.3 is 20.1 Å². The number of carbonyl (C=O) groups excluding carboxylic acids is 2. The van der Waals surface area contributed by atoms with Crippen LogP contribution in [-0.4, -0.2) is 48.9 Å². The van der Waals surface area contributed by atoms with Crippen LogP contribution < -0.4 is 15.5 Å². The van der Waals surface area contributed by atoms with E-state index in [0.717, 1.165) is 11.0 Å². The van der Waals surface area contributed by atoms with Crippen LogP contribution in [0.15, 0.2) is 78.9 Å². The molecule has 0 aliphatic heterocycles. The van der Waals surface area contributed by atoms with Gasteiger partial charge in [-0.1, -0.05) is 30.3 Å². The van der Waals surface area contributed by atoms with E-state index in [2.05, 4.69) is 5.32 Å². The summed E-state index contributed by atoms with van der Waals surface area (Å²) in [6.07, 6.45) is 3.87. The van der Waals surface area contributed by atoms with Crippen LogP contribution in [0.4, 0.5) is 4.39 Å². The minimum atomic E-state index is -1.62. The van der Waals surface area contributed by atoms with Gasteiger partial charge in [0.25, 0.3) is 0 Å². The minimum Gasteiger partial charge on any atom is -0.492 e. The van der Waals surface area contributed by atoms with Crippen molar-refractivity contribution in [2.24, 2.45) is 0 Å². The molecule has 0 aliphatic carbocycles. The van der Waals surface area contributed by atoms with Gasteiger partial charge in [-0.05, 0) is 59.6 Å². The highest BCUT2D eigenvalue weighted by Gasteiger charge is 2.23. The number of nitrogens with one attached hydrogen (secondary N) is 1. The lowest BCUT2D eigenvalue weighted by molar-refractivity contribution is -0.104. The number of hydrogen-bond acceptors (Lipinski definition) is 7. The first-order valence-electron chi connectivity index (χ1n) is 11.2. The van der Waals surface area contributed by atoms with Crippen LogP contribution in [0, 0.1) is 5.82 Å². The van der Waals surface area contributed by atoms with Crippen LogP contribution in [0.2, 0.25) is 0 Å². The number of thiophene rings is 1. The normalized spacial score (nSPS) is 11.2. The van der Waals surface area contributed by atoms with Crippen molar-refractivity contribution >= 4 is 46.1 Å². The fourth-order valence-corrected chi connectivity index (χ4v) is 4.95. The molecule has 3 aromatic carbocycles. The highest BCUT2D eigenvalue weighted by atomic mass is 32.1. The summed E-state index contributed by atoms with van der Waals surface area (Å²) in [7, 11) is -1.62. The van der Waals surface area contributed by atoms with Crippen LogP contribution in [0.3, 0.4) is 0 Å². The number of allylic oxidation sites excluding steroid dienone is 1. The van der Waals surface area contributed by atoms with E-state index >= 15 is 0 Å². The Kier molecular flexibility index (Phi) is 8.40. The predicted molar refractivity (Wildman–Crippen MR) is 140 cm³/mol. The first-order valence-corrected chi connectivity index (χ1v) is 12.1. The standard InChI is InChI=1S/C27H23BFNO5S/c29-21-8-3-19(4-9-21)27-25(23-12-7-20(28(33)34)17-24(23)36-27)26(32)18-5-10-22(11-6-18)35-16-14-30-13-1-2-15-31/h1-12,15,17,30,33-34H,13-14,16H2/b2-1+. The molecule has 4 aromatic rings. The van der Waals surface area contributed by atoms with E-state index in [1.807, 2.05) is 0 Å². The molecule has 0 radical (unpaired) electrons. The van der Waals surface area contributed by atoms with Gasteiger partial charge >= 0.3 is 7.12 Å². The third-order valence-electron chi connectivity index (χ3n) is 5.49. The molecule has 4 rings (SSSR count). The van der Waals surface area contributed by atoms with Crippen LogP contribution in [0.1, 0.15) is 15.9 Å². The highest BCUT2D eigenvalue weighted by molar-refractivity contribution is 7.23. The molecule has 0 saturated carbocycles. The van der Waals surface area contributed by atoms with Crippen molar-refractivity contribution in [3.8, 4) is 16.2 Å². The lowest BCUT2D eigenvalue weighted by Gasteiger charge is -2.09. The average Bonchev–Trinajstić information content (AvgIpc) is 3.27. The van der Waals surface area contributed by atoms with Crippen LogP contribution >= 0.6 is 11.3 Å². The van der Waals surface area contributed by atoms with E-state index in [9.17, 15) is 24.0 Å². The molecule has 0 saturated heterocycles. The second kappa shape index (κ2) is 11.9. The molecule has 0 atom stereocenters. The zero-order valence-electron chi connectivity index (χ0n) is 19.2. The van der Waals surface area contributed by atoms with Gasteiger partial charge in [0, 0.05) is 39.2 Å². The van der Waals surface area contributed by atoms with Gasteiger partial charge in [0.15, 0.2) is 5.78 Å². The van der Waals surface area contributed by atoms with Gasteiger partial charge in [0.2, 0.25) is 0 Å². The first-order chi connectivity index (χ1) is 17.5. The number of ether oxygens (including phenoxy) is 1. The van der Waals surface area contributed by atoms with Crippen molar-refractivity contribution in [2.45, 2.75) is 0 Å². The van der Waals surface area contributed by atoms with Gasteiger partial charge in [-0.25, -0.2) is 4.39 Å². The van der Waals surface area contributed by atoms with Crippen molar-refractivity contribution in [1.29, 1.82) is 0 Å². The summed E-state index contributed by atoms with van der Waals surface area (Å²) < 4.78 is 20.0. The monoisotopic (exact) mass is 503 g/mol. The van der Waals surface area contributed by atoms with Gasteiger partial charge in [0.05, 0.1) is 0 Å². The fraction of sp³-hybridized carbons (Fsp3) is 0.111. The average molecular weight is 503 g/mol. The molecule has 36 heavy (non-hydrogen) atoms. The number of carbonyl (C=O) groups is 2. The molecule has 0 aliphatic rings. The van der Waals surface area contributed by atoms with Gasteiger partial charge in [-0.2, -0.15) is 0 Å². The molecule has 1 heterocycles. The van der Waals surface area contributed by atoms with Crippen LogP contribution in [0.5, 0.6) is 5.75 Å². The Hall–Kier alpha value is -3.63. The molecular weight excluding hydrogens is 480 g/mol. The number of aldehydes is 1. The number of benzene rings is 3. The third kappa shape index (κ3) is 5.95. The third-order valence-corrected chi connectivity index (χ3v) is 6.69. The van der Waals surface area contributed by atoms with Gasteiger partial charge in [-0.3, -0.25) is 9.59 Å². The van der Waals surface area contributed by atoms with Crippen LogP contribution in [0.25, 0.3) is 20.5 Å². The van der Waals surface area contributed by atoms with Crippen LogP contribution in [-0.2, 0) is 4.79 Å². The minimum absolute atomic E-state index is 0.201. The summed E-state index contributed by atoms with van der Waals surface area (Å²) in [6.45, 7) is 1.58. The van der Waals surface area contributed by atoms with Crippen molar-refractivity contribution in [3.63, 3.8) is 0 Å². The van der Waals surface area contributed by atoms with E-state index in [-0.39, 0.29) is 11.6 Å². The Morgan fingerprint density at radius 1 is 1.06 bits per heavy atom. The lowest BCUT2D eigenvalue weighted by Crippen LogP contribution is -2.29. The lowest BCUT2D eigenvalue weighted by atomic mass is 9.80. The van der Waals surface area contributed by atoms with E-state index in [0.29, 0.717) is 57.9 Å². The van der Waals surface area contributed by atoms with E-state index in [1.54, 1.807) is 60.7 Å². The summed E-state index contributed by atoms with van der Waals surface area (Å²) in [6, 6.07) is 17.7. The molecule has 0 fully saturated rings. The highest BCUT2D eigenvalue weighted by Crippen LogP contribution is 2.39. The Bertz CT molecular complexity index is 1380. The molecule has 0 amide bonds. The SMILES string of the molecule is O=C/C=C/CNCCOc1ccc(C(=O)c2c(-c3ccc(F)cc3)sc3cc(B(O)O)ccc23)cc1. The number of fused-ring (bicyclic) bond motifs is 1. The number of ketones is 1. The van der Waals surface area contributed by atoms with Gasteiger partial charge in [0.1, 0.15) is 24.5 Å². The van der Waals surface area contributed by atoms with Gasteiger partial charge in [-0.15, -0.1) is 11.3 Å². The second-order valence-electron chi connectivity index (χ2n) is 7.91. The topological polar surface area (TPSA) is 95.9 Å². The quantitative estimate of drug-likeness (QED) is 0.0956. The Morgan fingerprint density at radius 2 is 1.81 bits per heavy atom. The number of hydrogen-bond donors (Lipinski definition) is 3. The molecule has 3 N–H and O–H groups in total. The van der Waals surface area contributed by atoms with E-state index in [1.165, 1.54) is 29.5 Å². The zero-order valence-corrected chi connectivity index (χ0v) is 20.0. The maximum Gasteiger partial charge on any atom is 0.488 e. The Morgan fingerprint density at radius 3 is 2.50 bits per heavy atom. The molecule has 9 heteroatoms. The largest absolute Gasteiger partial charge is 0.492 e. The molecule has 0 unspecified atom stereocenters. The molecule has 6 nitrogen and oxygen atoms in total. The Labute approximate surface area is 211 Å². The molecule has 182 valence electrons. The zero-order chi connectivity index (χ0) is 25.5. The molecular formula is C27H23BFNO5S. The maximum absolute atomic E-state index is 13.6. The van der Waals surface area contributed by atoms with Crippen molar-refractivity contribution < 1.29 is 28.8 Å². The second-order valence-corrected chi connectivity index (χ2v) is 8.96. The molecule has 0 bridgehead atoms. The first kappa shape index (κ1) is 25.5. The summed E-state index contributed by atoms with van der Waals surface area (Å²) in [5.41, 5.74) is 1.96. The number of rotatable bonds is 11. The van der Waals surface area contributed by atoms with Crippen molar-refractivity contribution in [1.82, 2.24) is 5.32 Å². The Balaban J connectivity index is 1.58. The van der Waals surface area contributed by atoms with E-state index in [4.69, 9.17) is 4.74 Å². The summed E-state index contributed by atoms with van der Waals surface area (Å²) >= 11 is 1.34. The van der Waals surface area contributed by atoms with Crippen molar-refractivity contribution in [3.05, 3.63) is 95.8 Å². The fourth-order valence-electron chi connectivity index (χ4n) is 3.70. The smallest absolute Gasteiger partial charge is 0.488 e. The maximum atomic E-state index is 13.6. The summed E-state index contributed by atoms with van der Waals surface area (Å²) in [4.78, 5) is 24.6. The summed E-state index contributed by atoms with van der Waals surface area (Å²) in [5, 5.41) is 22.9. The van der Waals surface area contributed by atoms with Crippen molar-refractivity contribution in [2.75, 3.05) is 19.7 Å².